The predicted octanol–water partition coefficient (Wildman–Crippen LogP) is -4.02. The van der Waals surface area contributed by atoms with Crippen molar-refractivity contribution in [3.05, 3.63) is 53.6 Å². The molecule has 10 heteroatoms. The Bertz CT molecular complexity index is 874. The van der Waals surface area contributed by atoms with Gasteiger partial charge >= 0.3 is 59.1 Å². The Labute approximate surface area is 201 Å². The third-order valence-electron chi connectivity index (χ3n) is 3.22. The van der Waals surface area contributed by atoms with Crippen LogP contribution in [0.4, 0.5) is 0 Å². The zero-order valence-corrected chi connectivity index (χ0v) is 20.4. The minimum Gasteiger partial charge on any atom is -0.780 e. The fourth-order valence-corrected chi connectivity index (χ4v) is 2.48. The largest absolute Gasteiger partial charge is 1.00 e. The summed E-state index contributed by atoms with van der Waals surface area (Å²) in [5, 5.41) is 9.40. The number of allylic oxidation sites excluding steroid dienone is 1. The zero-order valence-electron chi connectivity index (χ0n) is 15.5. The van der Waals surface area contributed by atoms with Crippen molar-refractivity contribution in [3.63, 3.8) is 0 Å². The summed E-state index contributed by atoms with van der Waals surface area (Å²) < 4.78 is 25.2. The van der Waals surface area contributed by atoms with E-state index in [2.05, 4.69) is 10.6 Å². The molecule has 0 saturated heterocycles. The Balaban J connectivity index is 0.00000338. The van der Waals surface area contributed by atoms with Gasteiger partial charge in [0.05, 0.1) is 25.9 Å². The maximum Gasteiger partial charge on any atom is 1.00 e. The SMILES string of the molecule is COc1ccc(C(C#N)=Cc2ccc(OP(=O)([O-])[O-])cc2)cc1OC.[Na+].[Na+]. The number of nitrogens with zero attached hydrogens (tertiary/aromatic N) is 1. The third-order valence-corrected chi connectivity index (χ3v) is 3.66. The van der Waals surface area contributed by atoms with Crippen LogP contribution < -0.4 is 82.9 Å². The molecule has 0 spiro atoms. The van der Waals surface area contributed by atoms with Crippen LogP contribution in [-0.4, -0.2) is 14.2 Å². The van der Waals surface area contributed by atoms with Crippen molar-refractivity contribution in [3.8, 4) is 23.3 Å². The van der Waals surface area contributed by atoms with Gasteiger partial charge < -0.3 is 28.3 Å². The normalized spacial score (nSPS) is 10.7. The van der Waals surface area contributed by atoms with Crippen LogP contribution in [0.5, 0.6) is 17.2 Å². The van der Waals surface area contributed by atoms with Crippen molar-refractivity contribution in [1.29, 1.82) is 5.26 Å². The number of phosphoric ester groups is 1. The van der Waals surface area contributed by atoms with Crippen molar-refractivity contribution in [2.45, 2.75) is 0 Å². The van der Waals surface area contributed by atoms with E-state index in [9.17, 15) is 19.6 Å². The number of benzene rings is 2. The molecule has 0 aliphatic rings. The Morgan fingerprint density at radius 1 is 1.04 bits per heavy atom. The zero-order chi connectivity index (χ0) is 18.4. The molecule has 0 aliphatic carbocycles. The van der Waals surface area contributed by atoms with Gasteiger partial charge in [-0.3, -0.25) is 0 Å². The van der Waals surface area contributed by atoms with E-state index in [0.29, 0.717) is 28.2 Å². The Morgan fingerprint density at radius 2 is 1.63 bits per heavy atom. The molecule has 0 heterocycles. The average Bonchev–Trinajstić information content (AvgIpc) is 2.59. The number of nitriles is 1. The molecule has 0 fully saturated rings. The van der Waals surface area contributed by atoms with Crippen LogP contribution >= 0.6 is 7.82 Å². The van der Waals surface area contributed by atoms with E-state index in [1.165, 1.54) is 38.5 Å². The maximum atomic E-state index is 10.6. The van der Waals surface area contributed by atoms with Crippen molar-refractivity contribution >= 4 is 19.5 Å². The van der Waals surface area contributed by atoms with Gasteiger partial charge in [0, 0.05) is 0 Å². The number of ether oxygens (including phenoxy) is 2. The van der Waals surface area contributed by atoms with Crippen molar-refractivity contribution in [2.24, 2.45) is 0 Å². The van der Waals surface area contributed by atoms with Crippen LogP contribution in [0.3, 0.4) is 0 Å². The summed E-state index contributed by atoms with van der Waals surface area (Å²) >= 11 is 0. The molecule has 0 amide bonds. The van der Waals surface area contributed by atoms with Gasteiger partial charge in [0.1, 0.15) is 13.6 Å². The minimum absolute atomic E-state index is 0. The summed E-state index contributed by atoms with van der Waals surface area (Å²) in [6.07, 6.45) is 1.61. The van der Waals surface area contributed by atoms with Crippen LogP contribution in [0.25, 0.3) is 11.6 Å². The van der Waals surface area contributed by atoms with Gasteiger partial charge in [-0.1, -0.05) is 12.1 Å². The monoisotopic (exact) mass is 405 g/mol. The van der Waals surface area contributed by atoms with Gasteiger partial charge in [-0.2, -0.15) is 5.26 Å². The summed E-state index contributed by atoms with van der Waals surface area (Å²) in [7, 11) is -2.07. The molecule has 2 rings (SSSR count). The van der Waals surface area contributed by atoms with E-state index in [4.69, 9.17) is 9.47 Å². The molecule has 0 radical (unpaired) electrons. The predicted molar refractivity (Wildman–Crippen MR) is 87.7 cm³/mol. The molecule has 0 aromatic heterocycles. The van der Waals surface area contributed by atoms with E-state index < -0.39 is 7.82 Å². The molecule has 2 aromatic rings. The van der Waals surface area contributed by atoms with Crippen LogP contribution in [0.2, 0.25) is 0 Å². The van der Waals surface area contributed by atoms with Crippen LogP contribution in [0, 0.1) is 11.3 Å². The van der Waals surface area contributed by atoms with Gasteiger partial charge in [-0.25, -0.2) is 0 Å². The van der Waals surface area contributed by atoms with Gasteiger partial charge in [-0.05, 0) is 47.5 Å². The molecule has 0 saturated carbocycles. The molecule has 0 unspecified atom stereocenters. The maximum absolute atomic E-state index is 10.6. The molecule has 0 aliphatic heterocycles. The number of phosphoric acid groups is 1. The molecular weight excluding hydrogens is 391 g/mol. The summed E-state index contributed by atoms with van der Waals surface area (Å²) in [4.78, 5) is 21.2. The van der Waals surface area contributed by atoms with Gasteiger partial charge in [0.25, 0.3) is 0 Å². The van der Waals surface area contributed by atoms with E-state index >= 15 is 0 Å². The molecule has 27 heavy (non-hydrogen) atoms. The second kappa shape index (κ2) is 11.9. The van der Waals surface area contributed by atoms with Gasteiger partial charge in [-0.15, -0.1) is 0 Å². The summed E-state index contributed by atoms with van der Waals surface area (Å²) in [5.41, 5.74) is 1.63. The van der Waals surface area contributed by atoms with E-state index in [1.54, 1.807) is 24.3 Å². The van der Waals surface area contributed by atoms with Gasteiger partial charge in [0.2, 0.25) is 0 Å². The minimum atomic E-state index is -5.09. The Kier molecular flexibility index (Phi) is 11.6. The smallest absolute Gasteiger partial charge is 0.780 e. The van der Waals surface area contributed by atoms with Crippen molar-refractivity contribution in [2.75, 3.05) is 14.2 Å². The van der Waals surface area contributed by atoms with Crippen LogP contribution in [0.1, 0.15) is 11.1 Å². The first-order chi connectivity index (χ1) is 11.9. The Hall–Kier alpha value is -0.780. The van der Waals surface area contributed by atoms with Crippen LogP contribution in [-0.2, 0) is 4.57 Å². The number of rotatable bonds is 6. The summed E-state index contributed by atoms with van der Waals surface area (Å²) in [6, 6.07) is 12.9. The number of hydrogen-bond donors (Lipinski definition) is 0. The molecule has 7 nitrogen and oxygen atoms in total. The standard InChI is InChI=1S/C17H16NO6P.2Na/c1-22-16-8-5-13(10-17(16)23-2)14(11-18)9-12-3-6-15(7-4-12)24-25(19,20)21;;/h3-10H,1-2H3,(H2,19,20,21);;/q;2*+1/p-2. The van der Waals surface area contributed by atoms with E-state index in [0.717, 1.165) is 0 Å². The molecule has 0 N–H and O–H groups in total. The van der Waals surface area contributed by atoms with E-state index in [-0.39, 0.29) is 64.9 Å². The molecule has 0 bridgehead atoms. The fraction of sp³-hybridized carbons (Fsp3) is 0.118. The molecule has 130 valence electrons. The first-order valence-electron chi connectivity index (χ1n) is 7.02. The summed E-state index contributed by atoms with van der Waals surface area (Å²) in [6.45, 7) is 0. The molecule has 0 atom stereocenters. The second-order valence-corrected chi connectivity index (χ2v) is 5.92. The van der Waals surface area contributed by atoms with E-state index in [1.807, 2.05) is 0 Å². The number of hydrogen-bond acceptors (Lipinski definition) is 7. The average molecular weight is 405 g/mol. The first kappa shape index (κ1) is 26.2. The van der Waals surface area contributed by atoms with Crippen molar-refractivity contribution < 1.29 is 87.5 Å². The Morgan fingerprint density at radius 3 is 2.11 bits per heavy atom. The first-order valence-corrected chi connectivity index (χ1v) is 8.48. The van der Waals surface area contributed by atoms with Gasteiger partial charge in [0.15, 0.2) is 11.5 Å². The summed E-state index contributed by atoms with van der Waals surface area (Å²) in [5.74, 6) is 0.950. The molecular formula is C17H14NNa2O6P. The quantitative estimate of drug-likeness (QED) is 0.208. The fourth-order valence-electron chi connectivity index (χ4n) is 2.10. The second-order valence-electron chi connectivity index (χ2n) is 4.85. The third kappa shape index (κ3) is 8.00. The molecule has 2 aromatic carbocycles. The van der Waals surface area contributed by atoms with Crippen LogP contribution in [0.15, 0.2) is 42.5 Å². The topological polar surface area (TPSA) is 115 Å². The van der Waals surface area contributed by atoms with Crippen molar-refractivity contribution in [1.82, 2.24) is 0 Å². The number of methoxy groups -OCH3 is 2.